The molecule has 0 saturated carbocycles. The monoisotopic (exact) mass is 257 g/mol. The molecule has 2 N–H and O–H groups in total. The lowest BCUT2D eigenvalue weighted by atomic mass is 9.82. The van der Waals surface area contributed by atoms with Crippen LogP contribution in [0.15, 0.2) is 23.8 Å². The summed E-state index contributed by atoms with van der Waals surface area (Å²) in [4.78, 5) is 24.2. The van der Waals surface area contributed by atoms with Gasteiger partial charge in [0.05, 0.1) is 0 Å². The zero-order chi connectivity index (χ0) is 13.8. The van der Waals surface area contributed by atoms with Crippen LogP contribution in [0.5, 0.6) is 0 Å². The number of fused-ring (bicyclic) bond motifs is 2. The fourth-order valence-corrected chi connectivity index (χ4v) is 2.57. The summed E-state index contributed by atoms with van der Waals surface area (Å²) in [5.74, 6) is -0.372. The fraction of sp³-hybridized carbons (Fsp3) is 0.333. The van der Waals surface area contributed by atoms with Crippen LogP contribution in [0.4, 0.5) is 5.69 Å². The number of hydrogen-bond acceptors (Lipinski definition) is 4. The molecule has 1 aliphatic heterocycles. The number of carbonyl (C=O) groups excluding carboxylic acids is 2. The van der Waals surface area contributed by atoms with Gasteiger partial charge in [0.25, 0.3) is 0 Å². The standard InChI is InChI=1S/C15H15NO3/c1-15(2)6-5-10-13(18)12(17)9-4-3-8(16)7-11(9)14(10)19-15/h3-4,7H,5-6,16H2,1-2H3. The molecule has 2 aliphatic rings. The Morgan fingerprint density at radius 2 is 1.89 bits per heavy atom. The highest BCUT2D eigenvalue weighted by molar-refractivity contribution is 6.52. The van der Waals surface area contributed by atoms with Crippen molar-refractivity contribution in [3.05, 3.63) is 34.9 Å². The summed E-state index contributed by atoms with van der Waals surface area (Å²) in [6.45, 7) is 3.95. The van der Waals surface area contributed by atoms with Gasteiger partial charge < -0.3 is 10.5 Å². The van der Waals surface area contributed by atoms with Gasteiger partial charge in [-0.05, 0) is 44.9 Å². The smallest absolute Gasteiger partial charge is 0.234 e. The van der Waals surface area contributed by atoms with E-state index >= 15 is 0 Å². The molecule has 0 aromatic heterocycles. The van der Waals surface area contributed by atoms with Crippen LogP contribution >= 0.6 is 0 Å². The molecule has 0 bridgehead atoms. The Morgan fingerprint density at radius 1 is 1.16 bits per heavy atom. The van der Waals surface area contributed by atoms with E-state index < -0.39 is 11.6 Å². The number of ether oxygens (including phenoxy) is 1. The van der Waals surface area contributed by atoms with Gasteiger partial charge in [0.1, 0.15) is 11.4 Å². The van der Waals surface area contributed by atoms with E-state index in [4.69, 9.17) is 10.5 Å². The van der Waals surface area contributed by atoms with E-state index in [0.717, 1.165) is 6.42 Å². The number of allylic oxidation sites excluding steroid dienone is 1. The molecule has 0 fully saturated rings. The highest BCUT2D eigenvalue weighted by Gasteiger charge is 2.39. The zero-order valence-electron chi connectivity index (χ0n) is 10.9. The van der Waals surface area contributed by atoms with Crippen LogP contribution in [-0.2, 0) is 9.53 Å². The Labute approximate surface area is 111 Å². The molecule has 1 aromatic carbocycles. The quantitative estimate of drug-likeness (QED) is 0.572. The molecule has 1 aliphatic carbocycles. The molecular formula is C15H15NO3. The number of rotatable bonds is 0. The van der Waals surface area contributed by atoms with Gasteiger partial charge >= 0.3 is 0 Å². The molecule has 0 saturated heterocycles. The highest BCUT2D eigenvalue weighted by Crippen LogP contribution is 2.41. The molecule has 19 heavy (non-hydrogen) atoms. The number of anilines is 1. The largest absolute Gasteiger partial charge is 0.487 e. The minimum atomic E-state index is -0.461. The number of Topliss-reactive ketones (excluding diaryl/α,β-unsaturated/α-hetero) is 2. The minimum Gasteiger partial charge on any atom is -0.487 e. The molecule has 98 valence electrons. The first-order valence-electron chi connectivity index (χ1n) is 6.30. The molecule has 0 amide bonds. The molecule has 0 unspecified atom stereocenters. The molecule has 0 spiro atoms. The first kappa shape index (κ1) is 12.0. The summed E-state index contributed by atoms with van der Waals surface area (Å²) < 4.78 is 5.93. The van der Waals surface area contributed by atoms with Gasteiger partial charge in [0.2, 0.25) is 11.6 Å². The molecule has 4 heteroatoms. The van der Waals surface area contributed by atoms with Crippen molar-refractivity contribution >= 4 is 23.0 Å². The number of nitrogens with two attached hydrogens (primary N) is 1. The number of benzene rings is 1. The van der Waals surface area contributed by atoms with Crippen LogP contribution in [0.1, 0.15) is 42.6 Å². The van der Waals surface area contributed by atoms with Crippen molar-refractivity contribution in [1.82, 2.24) is 0 Å². The van der Waals surface area contributed by atoms with Crippen molar-refractivity contribution in [2.24, 2.45) is 0 Å². The Morgan fingerprint density at radius 3 is 2.63 bits per heavy atom. The Kier molecular flexibility index (Phi) is 2.33. The third-order valence-corrected chi connectivity index (χ3v) is 3.64. The average Bonchev–Trinajstić information content (AvgIpc) is 2.35. The van der Waals surface area contributed by atoms with Crippen molar-refractivity contribution in [2.45, 2.75) is 32.3 Å². The third-order valence-electron chi connectivity index (χ3n) is 3.64. The van der Waals surface area contributed by atoms with Gasteiger partial charge in [-0.1, -0.05) is 0 Å². The third kappa shape index (κ3) is 1.75. The van der Waals surface area contributed by atoms with Gasteiger partial charge in [0, 0.05) is 22.4 Å². The summed E-state index contributed by atoms with van der Waals surface area (Å²) in [6, 6.07) is 4.93. The fourth-order valence-electron chi connectivity index (χ4n) is 2.57. The van der Waals surface area contributed by atoms with Crippen LogP contribution < -0.4 is 5.73 Å². The first-order valence-corrected chi connectivity index (χ1v) is 6.30. The van der Waals surface area contributed by atoms with E-state index in [0.29, 0.717) is 34.6 Å². The van der Waals surface area contributed by atoms with E-state index in [2.05, 4.69) is 0 Å². The maximum Gasteiger partial charge on any atom is 0.234 e. The lowest BCUT2D eigenvalue weighted by Crippen LogP contribution is -2.34. The predicted molar refractivity (Wildman–Crippen MR) is 71.5 cm³/mol. The summed E-state index contributed by atoms with van der Waals surface area (Å²) in [5, 5.41) is 0. The summed E-state index contributed by atoms with van der Waals surface area (Å²) >= 11 is 0. The van der Waals surface area contributed by atoms with Gasteiger partial charge in [-0.15, -0.1) is 0 Å². The van der Waals surface area contributed by atoms with Gasteiger partial charge in [-0.2, -0.15) is 0 Å². The lowest BCUT2D eigenvalue weighted by molar-refractivity contribution is -0.112. The van der Waals surface area contributed by atoms with Gasteiger partial charge in [-0.25, -0.2) is 0 Å². The normalized spacial score (nSPS) is 20.7. The molecule has 0 radical (unpaired) electrons. The maximum absolute atomic E-state index is 12.1. The second-order valence-electron chi connectivity index (χ2n) is 5.63. The Bertz CT molecular complexity index is 641. The number of carbonyl (C=O) groups is 2. The van der Waals surface area contributed by atoms with Crippen LogP contribution in [0, 0.1) is 0 Å². The number of nitrogen functional groups attached to an aromatic ring is 1. The van der Waals surface area contributed by atoms with Crippen molar-refractivity contribution in [1.29, 1.82) is 0 Å². The average molecular weight is 257 g/mol. The Hall–Kier alpha value is -2.10. The number of hydrogen-bond donors (Lipinski definition) is 1. The van der Waals surface area contributed by atoms with Crippen LogP contribution in [0.2, 0.25) is 0 Å². The summed E-state index contributed by atoms with van der Waals surface area (Å²) in [7, 11) is 0. The summed E-state index contributed by atoms with van der Waals surface area (Å²) in [5.41, 5.74) is 7.52. The van der Waals surface area contributed by atoms with E-state index in [-0.39, 0.29) is 5.60 Å². The van der Waals surface area contributed by atoms with Crippen LogP contribution in [0.3, 0.4) is 0 Å². The van der Waals surface area contributed by atoms with E-state index in [1.807, 2.05) is 13.8 Å². The van der Waals surface area contributed by atoms with Crippen molar-refractivity contribution < 1.29 is 14.3 Å². The maximum atomic E-state index is 12.1. The molecule has 0 atom stereocenters. The first-order chi connectivity index (χ1) is 8.89. The van der Waals surface area contributed by atoms with Crippen molar-refractivity contribution in [3.63, 3.8) is 0 Å². The lowest BCUT2D eigenvalue weighted by Gasteiger charge is -2.36. The van der Waals surface area contributed by atoms with E-state index in [1.165, 1.54) is 0 Å². The van der Waals surface area contributed by atoms with Crippen molar-refractivity contribution in [2.75, 3.05) is 5.73 Å². The van der Waals surface area contributed by atoms with Crippen LogP contribution in [-0.4, -0.2) is 17.2 Å². The Balaban J connectivity index is 2.25. The molecule has 3 rings (SSSR count). The second-order valence-corrected chi connectivity index (χ2v) is 5.63. The van der Waals surface area contributed by atoms with Gasteiger partial charge in [-0.3, -0.25) is 9.59 Å². The number of ketones is 2. The molecular weight excluding hydrogens is 242 g/mol. The SMILES string of the molecule is CC1(C)CCC2=C(O1)c1cc(N)ccc1C(=O)C2=O. The second kappa shape index (κ2) is 3.70. The zero-order valence-corrected chi connectivity index (χ0v) is 10.9. The molecule has 1 heterocycles. The van der Waals surface area contributed by atoms with Crippen molar-refractivity contribution in [3.8, 4) is 0 Å². The van der Waals surface area contributed by atoms with E-state index in [1.54, 1.807) is 18.2 Å². The highest BCUT2D eigenvalue weighted by atomic mass is 16.5. The molecule has 1 aromatic rings. The van der Waals surface area contributed by atoms with E-state index in [9.17, 15) is 9.59 Å². The topological polar surface area (TPSA) is 69.4 Å². The molecule has 4 nitrogen and oxygen atoms in total. The minimum absolute atomic E-state index is 0.332. The predicted octanol–water partition coefficient (Wildman–Crippen LogP) is 2.33. The van der Waals surface area contributed by atoms with Gasteiger partial charge in [0.15, 0.2) is 0 Å². The summed E-state index contributed by atoms with van der Waals surface area (Å²) in [6.07, 6.45) is 1.30. The van der Waals surface area contributed by atoms with Crippen LogP contribution in [0.25, 0.3) is 5.76 Å².